The summed E-state index contributed by atoms with van der Waals surface area (Å²) in [6.07, 6.45) is 1.14. The van der Waals surface area contributed by atoms with E-state index in [2.05, 4.69) is 23.6 Å². The lowest BCUT2D eigenvalue weighted by Gasteiger charge is -2.01. The summed E-state index contributed by atoms with van der Waals surface area (Å²) in [6, 6.07) is 12.3. The van der Waals surface area contributed by atoms with Crippen molar-refractivity contribution in [3.8, 4) is 0 Å². The van der Waals surface area contributed by atoms with Crippen LogP contribution in [0.25, 0.3) is 0 Å². The zero-order chi connectivity index (χ0) is 10.5. The van der Waals surface area contributed by atoms with E-state index in [9.17, 15) is 0 Å². The Kier molecular flexibility index (Phi) is 3.69. The molecule has 0 saturated carbocycles. The van der Waals surface area contributed by atoms with Gasteiger partial charge >= 0.3 is 0 Å². The first kappa shape index (κ1) is 10.6. The molecule has 0 fully saturated rings. The summed E-state index contributed by atoms with van der Waals surface area (Å²) in [5.41, 5.74) is 6.56. The quantitative estimate of drug-likeness (QED) is 0.646. The number of nitrogen functional groups attached to an aromatic ring is 1. The maximum absolute atomic E-state index is 5.71. The maximum Gasteiger partial charge on any atom is 0.0325 e. The lowest BCUT2D eigenvalue weighted by molar-refractivity contribution is 1.20. The number of rotatable bonds is 4. The maximum atomic E-state index is 5.71. The number of aryl methyl sites for hydroxylation is 1. The Morgan fingerprint density at radius 2 is 2.13 bits per heavy atom. The minimum absolute atomic E-state index is 0.844. The second-order valence-electron chi connectivity index (χ2n) is 3.25. The van der Waals surface area contributed by atoms with Crippen molar-refractivity contribution in [2.24, 2.45) is 0 Å². The third-order valence-electron chi connectivity index (χ3n) is 2.06. The van der Waals surface area contributed by atoms with Crippen molar-refractivity contribution in [2.75, 3.05) is 11.5 Å². The first-order valence-corrected chi connectivity index (χ1v) is 6.72. The molecule has 78 valence electrons. The molecule has 1 aromatic carbocycles. The molecule has 0 bridgehead atoms. The summed E-state index contributed by atoms with van der Waals surface area (Å²) < 4.78 is 0. The van der Waals surface area contributed by atoms with Crippen LogP contribution >= 0.6 is 23.1 Å². The van der Waals surface area contributed by atoms with E-state index in [0.29, 0.717) is 0 Å². The Morgan fingerprint density at radius 1 is 1.20 bits per heavy atom. The third kappa shape index (κ3) is 3.29. The molecule has 0 atom stereocenters. The van der Waals surface area contributed by atoms with Crippen LogP contribution in [0.1, 0.15) is 4.88 Å². The molecule has 0 spiro atoms. The molecule has 0 unspecified atom stereocenters. The minimum Gasteiger partial charge on any atom is -0.399 e. The molecule has 1 heterocycles. The van der Waals surface area contributed by atoms with Crippen molar-refractivity contribution in [3.05, 3.63) is 46.7 Å². The number of nitrogens with two attached hydrogens (primary N) is 1. The molecule has 0 aliphatic rings. The van der Waals surface area contributed by atoms with Crippen molar-refractivity contribution in [3.63, 3.8) is 0 Å². The Hall–Kier alpha value is -0.930. The summed E-state index contributed by atoms with van der Waals surface area (Å²) in [7, 11) is 0. The van der Waals surface area contributed by atoms with E-state index >= 15 is 0 Å². The van der Waals surface area contributed by atoms with Gasteiger partial charge in [0.15, 0.2) is 0 Å². The molecule has 0 saturated heterocycles. The first-order chi connectivity index (χ1) is 7.34. The molecule has 2 aromatic rings. The Labute approximate surface area is 98.3 Å². The Bertz CT molecular complexity index is 409. The molecular formula is C12H13NS2. The molecule has 0 aliphatic heterocycles. The summed E-state index contributed by atoms with van der Waals surface area (Å²) in [6.45, 7) is 0. The summed E-state index contributed by atoms with van der Waals surface area (Å²) in [5.74, 6) is 1.12. The summed E-state index contributed by atoms with van der Waals surface area (Å²) in [5, 5.41) is 2.13. The lowest BCUT2D eigenvalue weighted by Crippen LogP contribution is -1.86. The smallest absolute Gasteiger partial charge is 0.0325 e. The number of hydrogen-bond donors (Lipinski definition) is 1. The van der Waals surface area contributed by atoms with Gasteiger partial charge in [-0.05, 0) is 36.1 Å². The van der Waals surface area contributed by atoms with Gasteiger partial charge in [-0.25, -0.2) is 0 Å². The van der Waals surface area contributed by atoms with Gasteiger partial charge in [0.25, 0.3) is 0 Å². The average Bonchev–Trinajstić information content (AvgIpc) is 2.71. The van der Waals surface area contributed by atoms with Crippen LogP contribution in [-0.4, -0.2) is 5.75 Å². The number of thioether (sulfide) groups is 1. The fourth-order valence-electron chi connectivity index (χ4n) is 1.33. The molecule has 2 rings (SSSR count). The van der Waals surface area contributed by atoms with E-state index in [1.165, 1.54) is 9.77 Å². The van der Waals surface area contributed by atoms with E-state index in [4.69, 9.17) is 5.73 Å². The van der Waals surface area contributed by atoms with Crippen molar-refractivity contribution in [1.82, 2.24) is 0 Å². The molecule has 2 N–H and O–H groups in total. The standard InChI is InChI=1S/C12H13NS2/c13-10-3-1-4-12(9-10)15-8-6-11-5-2-7-14-11/h1-5,7,9H,6,8,13H2. The van der Waals surface area contributed by atoms with E-state index in [1.807, 2.05) is 41.3 Å². The number of hydrogen-bond acceptors (Lipinski definition) is 3. The van der Waals surface area contributed by atoms with Crippen LogP contribution in [0.4, 0.5) is 5.69 Å². The highest BCUT2D eigenvalue weighted by atomic mass is 32.2. The van der Waals surface area contributed by atoms with Gasteiger partial charge in [0.1, 0.15) is 0 Å². The van der Waals surface area contributed by atoms with Crippen LogP contribution in [0.3, 0.4) is 0 Å². The highest BCUT2D eigenvalue weighted by Gasteiger charge is 1.96. The first-order valence-electron chi connectivity index (χ1n) is 4.85. The van der Waals surface area contributed by atoms with Crippen molar-refractivity contribution in [2.45, 2.75) is 11.3 Å². The molecule has 15 heavy (non-hydrogen) atoms. The summed E-state index contributed by atoms with van der Waals surface area (Å²) >= 11 is 3.68. The molecular weight excluding hydrogens is 222 g/mol. The zero-order valence-electron chi connectivity index (χ0n) is 8.35. The predicted molar refractivity (Wildman–Crippen MR) is 69.6 cm³/mol. The average molecular weight is 235 g/mol. The van der Waals surface area contributed by atoms with Gasteiger partial charge in [-0.15, -0.1) is 23.1 Å². The van der Waals surface area contributed by atoms with Gasteiger partial charge in [-0.3, -0.25) is 0 Å². The second-order valence-corrected chi connectivity index (χ2v) is 5.45. The van der Waals surface area contributed by atoms with Crippen LogP contribution in [0, 0.1) is 0 Å². The van der Waals surface area contributed by atoms with Crippen molar-refractivity contribution < 1.29 is 0 Å². The zero-order valence-corrected chi connectivity index (χ0v) is 9.98. The molecule has 0 amide bonds. The van der Waals surface area contributed by atoms with Crippen LogP contribution in [-0.2, 0) is 6.42 Å². The predicted octanol–water partition coefficient (Wildman–Crippen LogP) is 3.67. The molecule has 1 nitrogen and oxygen atoms in total. The van der Waals surface area contributed by atoms with E-state index in [0.717, 1.165) is 17.9 Å². The fraction of sp³-hybridized carbons (Fsp3) is 0.167. The molecule has 1 aromatic heterocycles. The van der Waals surface area contributed by atoms with Crippen molar-refractivity contribution >= 4 is 28.8 Å². The van der Waals surface area contributed by atoms with Gasteiger partial charge in [-0.2, -0.15) is 0 Å². The second kappa shape index (κ2) is 5.24. The number of benzene rings is 1. The van der Waals surface area contributed by atoms with Crippen LogP contribution < -0.4 is 5.73 Å². The van der Waals surface area contributed by atoms with E-state index in [1.54, 1.807) is 0 Å². The van der Waals surface area contributed by atoms with E-state index in [-0.39, 0.29) is 0 Å². The van der Waals surface area contributed by atoms with Gasteiger partial charge in [0.2, 0.25) is 0 Å². The Balaban J connectivity index is 1.83. The van der Waals surface area contributed by atoms with Gasteiger partial charge < -0.3 is 5.73 Å². The fourth-order valence-corrected chi connectivity index (χ4v) is 3.12. The van der Waals surface area contributed by atoms with Gasteiger partial charge in [0, 0.05) is 21.2 Å². The van der Waals surface area contributed by atoms with Gasteiger partial charge in [-0.1, -0.05) is 12.1 Å². The monoisotopic (exact) mass is 235 g/mol. The highest BCUT2D eigenvalue weighted by Crippen LogP contribution is 2.22. The lowest BCUT2D eigenvalue weighted by atomic mass is 10.3. The topological polar surface area (TPSA) is 26.0 Å². The molecule has 0 aliphatic carbocycles. The van der Waals surface area contributed by atoms with Gasteiger partial charge in [0.05, 0.1) is 0 Å². The minimum atomic E-state index is 0.844. The van der Waals surface area contributed by atoms with E-state index < -0.39 is 0 Å². The molecule has 0 radical (unpaired) electrons. The normalized spacial score (nSPS) is 10.4. The van der Waals surface area contributed by atoms with Crippen LogP contribution in [0.2, 0.25) is 0 Å². The van der Waals surface area contributed by atoms with Crippen molar-refractivity contribution in [1.29, 1.82) is 0 Å². The SMILES string of the molecule is Nc1cccc(SCCc2cccs2)c1. The number of thiophene rings is 1. The third-order valence-corrected chi connectivity index (χ3v) is 3.99. The largest absolute Gasteiger partial charge is 0.399 e. The Morgan fingerprint density at radius 3 is 2.87 bits per heavy atom. The highest BCUT2D eigenvalue weighted by molar-refractivity contribution is 7.99. The van der Waals surface area contributed by atoms with Crippen LogP contribution in [0.5, 0.6) is 0 Å². The molecule has 3 heteroatoms. The number of anilines is 1. The van der Waals surface area contributed by atoms with Crippen LogP contribution in [0.15, 0.2) is 46.7 Å². The summed E-state index contributed by atoms with van der Waals surface area (Å²) in [4.78, 5) is 2.71.